The van der Waals surface area contributed by atoms with Crippen molar-refractivity contribution >= 4 is 24.4 Å². The van der Waals surface area contributed by atoms with Gasteiger partial charge < -0.3 is 9.26 Å². The Hall–Kier alpha value is -2.02. The summed E-state index contributed by atoms with van der Waals surface area (Å²) in [5.41, 5.74) is 1.37. The lowest BCUT2D eigenvalue weighted by Gasteiger charge is -2.13. The number of nitrogens with zero attached hydrogens (tertiary/aromatic N) is 2. The van der Waals surface area contributed by atoms with Crippen molar-refractivity contribution in [3.8, 4) is 0 Å². The minimum absolute atomic E-state index is 0.309. The Morgan fingerprint density at radius 3 is 3.00 bits per heavy atom. The molecule has 1 amide bonds. The van der Waals surface area contributed by atoms with Gasteiger partial charge in [-0.1, -0.05) is 23.4 Å². The zero-order chi connectivity index (χ0) is 13.7. The SMILES string of the molecule is CCOC(=O)Nc1ccccc1C(S)c1ncon1. The first kappa shape index (κ1) is 13.4. The zero-order valence-corrected chi connectivity index (χ0v) is 11.1. The Kier molecular flexibility index (Phi) is 4.40. The molecule has 1 N–H and O–H groups in total. The minimum atomic E-state index is -0.511. The van der Waals surface area contributed by atoms with Crippen LogP contribution in [0, 0.1) is 0 Å². The van der Waals surface area contributed by atoms with Crippen molar-refractivity contribution in [2.24, 2.45) is 0 Å². The number of anilines is 1. The van der Waals surface area contributed by atoms with Gasteiger partial charge in [0.1, 0.15) is 0 Å². The molecule has 1 aromatic heterocycles. The molecule has 2 aromatic rings. The molecule has 0 aliphatic heterocycles. The van der Waals surface area contributed by atoms with Gasteiger partial charge in [0.15, 0.2) is 5.82 Å². The monoisotopic (exact) mass is 279 g/mol. The largest absolute Gasteiger partial charge is 0.450 e. The number of benzene rings is 1. The third-order valence-corrected chi connectivity index (χ3v) is 2.90. The van der Waals surface area contributed by atoms with Crippen molar-refractivity contribution in [3.63, 3.8) is 0 Å². The van der Waals surface area contributed by atoms with E-state index in [9.17, 15) is 4.79 Å². The number of amides is 1. The second kappa shape index (κ2) is 6.24. The Morgan fingerprint density at radius 1 is 1.53 bits per heavy atom. The van der Waals surface area contributed by atoms with E-state index in [1.165, 1.54) is 6.39 Å². The summed E-state index contributed by atoms with van der Waals surface area (Å²) >= 11 is 4.44. The van der Waals surface area contributed by atoms with Crippen molar-refractivity contribution in [3.05, 3.63) is 42.0 Å². The van der Waals surface area contributed by atoms with Gasteiger partial charge in [-0.25, -0.2) is 4.79 Å². The predicted octanol–water partition coefficient (Wildman–Crippen LogP) is 2.66. The van der Waals surface area contributed by atoms with Crippen LogP contribution in [0.3, 0.4) is 0 Å². The van der Waals surface area contributed by atoms with Gasteiger partial charge in [-0.3, -0.25) is 5.32 Å². The molecule has 1 heterocycles. The molecule has 100 valence electrons. The molecule has 0 radical (unpaired) electrons. The molecule has 7 heteroatoms. The fourth-order valence-corrected chi connectivity index (χ4v) is 1.90. The first-order valence-electron chi connectivity index (χ1n) is 5.69. The molecule has 0 spiro atoms. The highest BCUT2D eigenvalue weighted by Crippen LogP contribution is 2.31. The molecular formula is C12H13N3O3S. The molecule has 0 aliphatic carbocycles. The number of thiol groups is 1. The normalized spacial score (nSPS) is 11.9. The molecule has 2 rings (SSSR count). The van der Waals surface area contributed by atoms with Crippen LogP contribution in [0.25, 0.3) is 0 Å². The Bertz CT molecular complexity index is 545. The number of aromatic nitrogens is 2. The molecule has 1 atom stereocenters. The van der Waals surface area contributed by atoms with E-state index in [-0.39, 0.29) is 0 Å². The van der Waals surface area contributed by atoms with Crippen LogP contribution in [0.4, 0.5) is 10.5 Å². The molecular weight excluding hydrogens is 266 g/mol. The molecule has 0 fully saturated rings. The van der Waals surface area contributed by atoms with Gasteiger partial charge in [0.05, 0.1) is 11.9 Å². The predicted molar refractivity (Wildman–Crippen MR) is 72.2 cm³/mol. The van der Waals surface area contributed by atoms with Gasteiger partial charge in [-0.05, 0) is 18.6 Å². The van der Waals surface area contributed by atoms with Crippen molar-refractivity contribution in [1.29, 1.82) is 0 Å². The summed E-state index contributed by atoms with van der Waals surface area (Å²) in [6, 6.07) is 7.24. The second-order valence-corrected chi connectivity index (χ2v) is 4.14. The topological polar surface area (TPSA) is 77.2 Å². The third-order valence-electron chi connectivity index (χ3n) is 2.39. The lowest BCUT2D eigenvalue weighted by atomic mass is 10.1. The molecule has 19 heavy (non-hydrogen) atoms. The van der Waals surface area contributed by atoms with Gasteiger partial charge >= 0.3 is 6.09 Å². The number of carbonyl (C=O) groups excluding carboxylic acids is 1. The number of para-hydroxylation sites is 1. The summed E-state index contributed by atoms with van der Waals surface area (Å²) in [6.07, 6.45) is 0.725. The van der Waals surface area contributed by atoms with Crippen LogP contribution in [0.15, 0.2) is 35.2 Å². The van der Waals surface area contributed by atoms with Crippen LogP contribution in [0.1, 0.15) is 23.6 Å². The highest BCUT2D eigenvalue weighted by molar-refractivity contribution is 7.80. The van der Waals surface area contributed by atoms with Crippen molar-refractivity contribution < 1.29 is 14.1 Å². The highest BCUT2D eigenvalue weighted by Gasteiger charge is 2.18. The molecule has 1 unspecified atom stereocenters. The maximum absolute atomic E-state index is 11.5. The van der Waals surface area contributed by atoms with E-state index in [1.807, 2.05) is 18.2 Å². The number of nitrogens with one attached hydrogen (secondary N) is 1. The van der Waals surface area contributed by atoms with Crippen LogP contribution in [-0.4, -0.2) is 22.8 Å². The summed E-state index contributed by atoms with van der Waals surface area (Å²) in [6.45, 7) is 2.05. The van der Waals surface area contributed by atoms with Gasteiger partial charge in [-0.15, -0.1) is 0 Å². The Labute approximate surface area is 115 Å². The standard InChI is InChI=1S/C12H13N3O3S/c1-2-17-12(16)14-9-6-4-3-5-8(9)10(19)11-13-7-18-15-11/h3-7,10,19H,2H2,1H3,(H,14,16). The van der Waals surface area contributed by atoms with Gasteiger partial charge in [0.25, 0.3) is 0 Å². The molecule has 0 bridgehead atoms. The molecule has 1 aromatic carbocycles. The maximum Gasteiger partial charge on any atom is 0.411 e. The van der Waals surface area contributed by atoms with Crippen molar-refractivity contribution in [2.45, 2.75) is 12.2 Å². The van der Waals surface area contributed by atoms with E-state index in [4.69, 9.17) is 9.26 Å². The van der Waals surface area contributed by atoms with Crippen LogP contribution in [0.5, 0.6) is 0 Å². The van der Waals surface area contributed by atoms with E-state index in [1.54, 1.807) is 13.0 Å². The van der Waals surface area contributed by atoms with Gasteiger partial charge in [0, 0.05) is 5.69 Å². The van der Waals surface area contributed by atoms with Crippen molar-refractivity contribution in [1.82, 2.24) is 10.1 Å². The average molecular weight is 279 g/mol. The van der Waals surface area contributed by atoms with E-state index < -0.39 is 11.3 Å². The third kappa shape index (κ3) is 3.25. The van der Waals surface area contributed by atoms with Gasteiger partial charge in [-0.2, -0.15) is 17.6 Å². The fourth-order valence-electron chi connectivity index (χ4n) is 1.56. The first-order chi connectivity index (χ1) is 9.22. The zero-order valence-electron chi connectivity index (χ0n) is 10.2. The Morgan fingerprint density at radius 2 is 2.32 bits per heavy atom. The van der Waals surface area contributed by atoms with Crippen LogP contribution >= 0.6 is 12.6 Å². The second-order valence-electron chi connectivity index (χ2n) is 3.62. The fraction of sp³-hybridized carbons (Fsp3) is 0.250. The Balaban J connectivity index is 2.23. The number of rotatable bonds is 4. The molecule has 0 aliphatic rings. The van der Waals surface area contributed by atoms with E-state index in [0.717, 1.165) is 5.56 Å². The van der Waals surface area contributed by atoms with Crippen LogP contribution < -0.4 is 5.32 Å². The van der Waals surface area contributed by atoms with Crippen LogP contribution in [0.2, 0.25) is 0 Å². The number of hydrogen-bond donors (Lipinski definition) is 2. The summed E-state index contributed by atoms with van der Waals surface area (Å²) in [5, 5.41) is 6.01. The molecule has 0 saturated heterocycles. The summed E-state index contributed by atoms with van der Waals surface area (Å²) in [5.74, 6) is 0.432. The van der Waals surface area contributed by atoms with E-state index in [2.05, 4.69) is 28.1 Å². The summed E-state index contributed by atoms with van der Waals surface area (Å²) in [4.78, 5) is 15.4. The summed E-state index contributed by atoms with van der Waals surface area (Å²) < 4.78 is 9.54. The van der Waals surface area contributed by atoms with Gasteiger partial charge in [0.2, 0.25) is 6.39 Å². The first-order valence-corrected chi connectivity index (χ1v) is 6.21. The minimum Gasteiger partial charge on any atom is -0.450 e. The number of ether oxygens (including phenoxy) is 1. The smallest absolute Gasteiger partial charge is 0.411 e. The molecule has 6 nitrogen and oxygen atoms in total. The number of carbonyl (C=O) groups is 1. The maximum atomic E-state index is 11.5. The lowest BCUT2D eigenvalue weighted by molar-refractivity contribution is 0.168. The number of hydrogen-bond acceptors (Lipinski definition) is 6. The van der Waals surface area contributed by atoms with Crippen LogP contribution in [-0.2, 0) is 4.74 Å². The lowest BCUT2D eigenvalue weighted by Crippen LogP contribution is -2.15. The quantitative estimate of drug-likeness (QED) is 0.841. The van der Waals surface area contributed by atoms with E-state index >= 15 is 0 Å². The molecule has 0 saturated carbocycles. The van der Waals surface area contributed by atoms with Crippen molar-refractivity contribution in [2.75, 3.05) is 11.9 Å². The van der Waals surface area contributed by atoms with E-state index in [0.29, 0.717) is 18.1 Å². The highest BCUT2D eigenvalue weighted by atomic mass is 32.1. The average Bonchev–Trinajstić information content (AvgIpc) is 2.93. The summed E-state index contributed by atoms with van der Waals surface area (Å²) in [7, 11) is 0.